The van der Waals surface area contributed by atoms with E-state index in [1.807, 2.05) is 209 Å². The molecule has 0 N–H and O–H groups in total. The predicted molar refractivity (Wildman–Crippen MR) is 527 cm³/mol. The molecule has 98 heavy (non-hydrogen) atoms. The first-order valence-electron chi connectivity index (χ1n) is 37.7. The molecule has 0 aliphatic rings. The fourth-order valence-corrected chi connectivity index (χ4v) is 20.4. The molecule has 0 rings (SSSR count). The summed E-state index contributed by atoms with van der Waals surface area (Å²) >= 11 is 16.0. The van der Waals surface area contributed by atoms with E-state index in [-0.39, 0.29) is 0 Å². The maximum atomic E-state index is 2.30. The second-order valence-electron chi connectivity index (χ2n) is 36.2. The van der Waals surface area contributed by atoms with Crippen LogP contribution in [0.5, 0.6) is 0 Å². The van der Waals surface area contributed by atoms with Crippen molar-refractivity contribution in [2.24, 2.45) is 32.5 Å². The molecule has 612 valence electrons. The minimum atomic E-state index is 0.311. The van der Waals surface area contributed by atoms with Gasteiger partial charge in [0.05, 0.1) is 0 Å². The van der Waals surface area contributed by atoms with Crippen LogP contribution in [0.2, 0.25) is 0 Å². The highest BCUT2D eigenvalue weighted by atomic mass is 33.1. The number of thioether (sulfide) groups is 8. The van der Waals surface area contributed by atoms with Crippen LogP contribution < -0.4 is 0 Å². The van der Waals surface area contributed by atoms with Crippen molar-refractivity contribution in [1.82, 2.24) is 0 Å². The summed E-state index contributed by atoms with van der Waals surface area (Å²) in [5, 5.41) is 9.02. The summed E-state index contributed by atoms with van der Waals surface area (Å²) in [6.07, 6.45) is 3.55. The lowest BCUT2D eigenvalue weighted by Crippen LogP contribution is -2.12. The van der Waals surface area contributed by atoms with Gasteiger partial charge in [0.25, 0.3) is 0 Å². The van der Waals surface area contributed by atoms with Crippen LogP contribution >= 0.6 is 159 Å². The van der Waals surface area contributed by atoms with Crippen molar-refractivity contribution in [3.05, 3.63) is 22.3 Å². The quantitative estimate of drug-likeness (QED) is 0.0685. The zero-order chi connectivity index (χ0) is 82.8. The van der Waals surface area contributed by atoms with Crippen molar-refractivity contribution >= 4 is 159 Å². The monoisotopic (exact) mass is 1650 g/mol. The molecular formula is C84H192S14. The van der Waals surface area contributed by atoms with Crippen molar-refractivity contribution in [2.45, 2.75) is 432 Å². The van der Waals surface area contributed by atoms with Gasteiger partial charge >= 0.3 is 0 Å². The summed E-state index contributed by atoms with van der Waals surface area (Å²) in [4.78, 5) is 0. The maximum Gasteiger partial charge on any atom is 0.0397 e. The lowest BCUT2D eigenvalue weighted by atomic mass is 9.94. The summed E-state index contributed by atoms with van der Waals surface area (Å²) in [6, 6.07) is 0. The molecule has 0 heterocycles. The van der Waals surface area contributed by atoms with Crippen LogP contribution in [0.4, 0.5) is 0 Å². The summed E-state index contributed by atoms with van der Waals surface area (Å²) in [7, 11) is 11.7. The van der Waals surface area contributed by atoms with E-state index in [9.17, 15) is 0 Å². The number of hydrogen-bond donors (Lipinski definition) is 0. The largest absolute Gasteiger partial charge is 0.155 e. The van der Waals surface area contributed by atoms with Crippen molar-refractivity contribution in [3.8, 4) is 0 Å². The third kappa shape index (κ3) is 218. The molecule has 0 amide bonds. The highest BCUT2D eigenvalue weighted by Gasteiger charge is 2.19. The molecule has 0 aliphatic heterocycles. The molecule has 14 heteroatoms. The first-order valence-corrected chi connectivity index (χ1v) is 52.8. The molecule has 0 aromatic heterocycles. The van der Waals surface area contributed by atoms with Crippen LogP contribution in [-0.4, -0.2) is 88.4 Å². The van der Waals surface area contributed by atoms with E-state index >= 15 is 0 Å². The van der Waals surface area contributed by atoms with Crippen molar-refractivity contribution in [2.75, 3.05) is 50.4 Å². The standard InChI is InChI=1S/4C10H22S2.C10H20S2.C10H22S2.C10H20S2.7C2H6/c2*1-9(2,3)7-11-8-12-10(4,5)6;1-9(2,3)7-11-12-8-10(4,5)6;2*1-9(2,3)11-7-8-12-10(4,5)6;2*1-9(2,3)7-8-11-12-10(4,5)6;7*1-2/h4*7-8H2,1-6H3;7-8H,1-6H3;7-8H2,1-6H3;7-8H,1-6H3;7*1-2H3/b;;;;8-7-;;8-7-;;;;;;;. The average Bonchev–Trinajstić information content (AvgIpc) is 1.25. The van der Waals surface area contributed by atoms with Gasteiger partial charge in [0, 0.05) is 76.9 Å². The first-order chi connectivity index (χ1) is 43.4. The van der Waals surface area contributed by atoms with Gasteiger partial charge in [0.15, 0.2) is 0 Å². The number of allylic oxidation sites excluding steroid dienone is 1. The second kappa shape index (κ2) is 75.4. The van der Waals surface area contributed by atoms with E-state index in [1.165, 1.54) is 56.9 Å². The Labute approximate surface area is 689 Å². The van der Waals surface area contributed by atoms with Crippen LogP contribution in [0.25, 0.3) is 0 Å². The van der Waals surface area contributed by atoms with Gasteiger partial charge in [-0.3, -0.25) is 0 Å². The minimum absolute atomic E-state index is 0.311. The zero-order valence-corrected chi connectivity index (χ0v) is 89.5. The maximum absolute atomic E-state index is 2.30. The molecule has 0 unspecified atom stereocenters. The van der Waals surface area contributed by atoms with Crippen molar-refractivity contribution < 1.29 is 0 Å². The van der Waals surface area contributed by atoms with Gasteiger partial charge in [-0.15, -0.1) is 47.0 Å². The zero-order valence-electron chi connectivity index (χ0n) is 78.1. The predicted octanol–water partition coefficient (Wildman–Crippen LogP) is 38.1. The fourth-order valence-electron chi connectivity index (χ4n) is 3.70. The van der Waals surface area contributed by atoms with E-state index in [0.29, 0.717) is 70.5 Å². The molecule has 0 bridgehead atoms. The SMILES string of the molecule is CC.CC.CC.CC.CC.CC.CC.CC(C)(C)/C=C\SSC(C)(C)C.CC(C)(C)CCSSC(C)(C)C.CC(C)(C)CSCSC(C)(C)C.CC(C)(C)CSCSC(C)(C)C.CC(C)(C)CSSCC(C)(C)C.CC(C)(C)S/C=C\SC(C)(C)C.CC(C)(C)SCCSC(C)(C)C. The van der Waals surface area contributed by atoms with Gasteiger partial charge in [0.1, 0.15) is 0 Å². The Hall–Kier alpha value is 4.38. The molecule has 0 saturated carbocycles. The van der Waals surface area contributed by atoms with Gasteiger partial charge in [-0.25, -0.2) is 0 Å². The Balaban J connectivity index is -0.0000000678. The number of rotatable bonds is 19. The average molecular weight is 1650 g/mol. The molecular weight excluding hydrogens is 1460 g/mol. The Morgan fingerprint density at radius 2 is 0.469 bits per heavy atom. The van der Waals surface area contributed by atoms with E-state index in [0.717, 1.165) is 0 Å². The highest BCUT2D eigenvalue weighted by molar-refractivity contribution is 8.78. The molecule has 0 atom stereocenters. The topological polar surface area (TPSA) is 0 Å². The van der Waals surface area contributed by atoms with Crippen LogP contribution in [0.3, 0.4) is 0 Å². The third-order valence-electron chi connectivity index (χ3n) is 7.51. The summed E-state index contributed by atoms with van der Waals surface area (Å²) in [6.45, 7) is 123. The van der Waals surface area contributed by atoms with Crippen LogP contribution in [0, 0.1) is 32.5 Å². The lowest BCUT2D eigenvalue weighted by Gasteiger charge is -2.20. The normalized spacial score (nSPS) is 12.2. The van der Waals surface area contributed by atoms with Crippen molar-refractivity contribution in [1.29, 1.82) is 0 Å². The first kappa shape index (κ1) is 135. The molecule has 0 radical (unpaired) electrons. The van der Waals surface area contributed by atoms with Gasteiger partial charge in [-0.1, -0.05) is 459 Å². The molecule has 0 fully saturated rings. The highest BCUT2D eigenvalue weighted by Crippen LogP contribution is 2.39. The Bertz CT molecular complexity index is 1260. The van der Waals surface area contributed by atoms with Gasteiger partial charge < -0.3 is 0 Å². The summed E-state index contributed by atoms with van der Waals surface area (Å²) in [5.41, 5.74) is 2.69. The minimum Gasteiger partial charge on any atom is -0.155 e. The Morgan fingerprint density at radius 3 is 0.653 bits per heavy atom. The summed E-state index contributed by atoms with van der Waals surface area (Å²) in [5.74, 6) is 8.82. The van der Waals surface area contributed by atoms with E-state index in [2.05, 4.69) is 360 Å². The van der Waals surface area contributed by atoms with E-state index in [4.69, 9.17) is 0 Å². The molecule has 0 saturated heterocycles. The Kier molecular flexibility index (Phi) is 104. The van der Waals surface area contributed by atoms with Crippen LogP contribution in [0.15, 0.2) is 22.3 Å². The molecule has 0 spiro atoms. The lowest BCUT2D eigenvalue weighted by molar-refractivity contribution is 0.402. The van der Waals surface area contributed by atoms with Crippen LogP contribution in [0.1, 0.15) is 394 Å². The van der Waals surface area contributed by atoms with E-state index < -0.39 is 0 Å². The molecule has 0 aliphatic carbocycles. The number of hydrogen-bond acceptors (Lipinski definition) is 14. The summed E-state index contributed by atoms with van der Waals surface area (Å²) < 4.78 is 3.14. The van der Waals surface area contributed by atoms with Gasteiger partial charge in [0.2, 0.25) is 0 Å². The Morgan fingerprint density at radius 1 is 0.224 bits per heavy atom. The van der Waals surface area contributed by atoms with Crippen LogP contribution in [-0.2, 0) is 0 Å². The molecule has 0 nitrogen and oxygen atoms in total. The second-order valence-corrected chi connectivity index (χ2v) is 58.4. The van der Waals surface area contributed by atoms with Gasteiger partial charge in [-0.2, -0.15) is 47.0 Å². The van der Waals surface area contributed by atoms with Gasteiger partial charge in [-0.05, 0) is 66.6 Å². The fraction of sp³-hybridized carbons (Fsp3) is 0.952. The van der Waals surface area contributed by atoms with Crippen molar-refractivity contribution in [3.63, 3.8) is 0 Å². The smallest absolute Gasteiger partial charge is 0.0397 e. The van der Waals surface area contributed by atoms with E-state index in [1.54, 1.807) is 0 Å². The molecule has 0 aromatic rings. The molecule has 0 aromatic carbocycles. The third-order valence-corrected chi connectivity index (χ3v) is 28.2.